The van der Waals surface area contributed by atoms with Gasteiger partial charge in [-0.15, -0.1) is 0 Å². The zero-order valence-corrected chi connectivity index (χ0v) is 9.72. The van der Waals surface area contributed by atoms with Gasteiger partial charge in [-0.05, 0) is 17.7 Å². The van der Waals surface area contributed by atoms with Crippen LogP contribution in [0.2, 0.25) is 5.02 Å². The predicted octanol–water partition coefficient (Wildman–Crippen LogP) is 1.31. The van der Waals surface area contributed by atoms with Crippen LogP contribution in [0.3, 0.4) is 0 Å². The van der Waals surface area contributed by atoms with Crippen LogP contribution in [-0.2, 0) is 13.1 Å². The molecule has 1 aromatic heterocycles. The van der Waals surface area contributed by atoms with Crippen molar-refractivity contribution in [3.8, 4) is 6.07 Å². The fourth-order valence-electron chi connectivity index (χ4n) is 1.42. The Morgan fingerprint density at radius 1 is 1.47 bits per heavy atom. The second-order valence-corrected chi connectivity index (χ2v) is 3.89. The van der Waals surface area contributed by atoms with E-state index in [1.807, 2.05) is 12.1 Å². The second-order valence-electron chi connectivity index (χ2n) is 3.48. The Bertz CT molecular complexity index is 569. The summed E-state index contributed by atoms with van der Waals surface area (Å²) >= 11 is 6.06. The van der Waals surface area contributed by atoms with Crippen LogP contribution >= 0.6 is 11.6 Å². The van der Waals surface area contributed by atoms with Crippen molar-refractivity contribution in [1.29, 1.82) is 5.26 Å². The van der Waals surface area contributed by atoms with Gasteiger partial charge in [-0.2, -0.15) is 10.4 Å². The van der Waals surface area contributed by atoms with Gasteiger partial charge < -0.3 is 5.73 Å². The Morgan fingerprint density at radius 3 is 2.88 bits per heavy atom. The van der Waals surface area contributed by atoms with E-state index in [0.29, 0.717) is 29.5 Å². The molecule has 6 heteroatoms. The first-order valence-electron chi connectivity index (χ1n) is 5.00. The molecule has 0 amide bonds. The molecule has 0 fully saturated rings. The van der Waals surface area contributed by atoms with Crippen molar-refractivity contribution < 1.29 is 0 Å². The van der Waals surface area contributed by atoms with Crippen LogP contribution in [-0.4, -0.2) is 14.8 Å². The maximum Gasteiger partial charge on any atom is 0.164 e. The quantitative estimate of drug-likeness (QED) is 0.887. The molecule has 2 N–H and O–H groups in total. The fraction of sp³-hybridized carbons (Fsp3) is 0.182. The lowest BCUT2D eigenvalue weighted by atomic mass is 10.1. The van der Waals surface area contributed by atoms with E-state index in [1.54, 1.807) is 23.1 Å². The Labute approximate surface area is 103 Å². The lowest BCUT2D eigenvalue weighted by Crippen LogP contribution is -2.04. The van der Waals surface area contributed by atoms with Gasteiger partial charge in [-0.3, -0.25) is 0 Å². The van der Waals surface area contributed by atoms with E-state index in [4.69, 9.17) is 22.6 Å². The highest BCUT2D eigenvalue weighted by molar-refractivity contribution is 6.31. The number of nitriles is 1. The molecule has 2 rings (SSSR count). The number of aromatic nitrogens is 3. The molecule has 17 heavy (non-hydrogen) atoms. The Kier molecular flexibility index (Phi) is 3.38. The van der Waals surface area contributed by atoms with E-state index in [2.05, 4.69) is 10.1 Å². The van der Waals surface area contributed by atoms with Gasteiger partial charge in [0.1, 0.15) is 6.33 Å². The smallest absolute Gasteiger partial charge is 0.164 e. The molecule has 0 spiro atoms. The van der Waals surface area contributed by atoms with E-state index in [9.17, 15) is 0 Å². The Balaban J connectivity index is 2.21. The maximum absolute atomic E-state index is 8.73. The Morgan fingerprint density at radius 2 is 2.29 bits per heavy atom. The minimum absolute atomic E-state index is 0.314. The standard InChI is InChI=1S/C11H10ClN5/c12-10-3-8(4-13)1-2-9(10)6-17-7-15-11(5-14)16-17/h1-3,7H,5-6,14H2. The molecule has 0 aliphatic rings. The summed E-state index contributed by atoms with van der Waals surface area (Å²) in [5.74, 6) is 0.592. The summed E-state index contributed by atoms with van der Waals surface area (Å²) in [4.78, 5) is 4.03. The molecule has 2 aromatic rings. The molecule has 1 heterocycles. The molecule has 0 unspecified atom stereocenters. The van der Waals surface area contributed by atoms with Crippen molar-refractivity contribution in [3.05, 3.63) is 46.5 Å². The molecule has 5 nitrogen and oxygen atoms in total. The molecule has 0 saturated carbocycles. The van der Waals surface area contributed by atoms with Crippen molar-refractivity contribution in [2.24, 2.45) is 5.73 Å². The zero-order valence-electron chi connectivity index (χ0n) is 8.97. The summed E-state index contributed by atoms with van der Waals surface area (Å²) in [6.45, 7) is 0.825. The van der Waals surface area contributed by atoms with Crippen molar-refractivity contribution in [2.45, 2.75) is 13.1 Å². The topological polar surface area (TPSA) is 80.5 Å². The minimum Gasteiger partial charge on any atom is -0.324 e. The first-order chi connectivity index (χ1) is 8.22. The van der Waals surface area contributed by atoms with E-state index in [-0.39, 0.29) is 0 Å². The molecule has 86 valence electrons. The maximum atomic E-state index is 8.73. The number of rotatable bonds is 3. The first kappa shape index (κ1) is 11.6. The summed E-state index contributed by atoms with van der Waals surface area (Å²) in [7, 11) is 0. The fourth-order valence-corrected chi connectivity index (χ4v) is 1.66. The van der Waals surface area contributed by atoms with Crippen LogP contribution in [0.25, 0.3) is 0 Å². The summed E-state index contributed by atoms with van der Waals surface area (Å²) in [6.07, 6.45) is 1.61. The summed E-state index contributed by atoms with van der Waals surface area (Å²) in [5.41, 5.74) is 6.85. The largest absolute Gasteiger partial charge is 0.324 e. The third kappa shape index (κ3) is 2.61. The van der Waals surface area contributed by atoms with Gasteiger partial charge in [0.25, 0.3) is 0 Å². The van der Waals surface area contributed by atoms with Gasteiger partial charge in [-0.1, -0.05) is 17.7 Å². The van der Waals surface area contributed by atoms with Crippen LogP contribution in [0.4, 0.5) is 0 Å². The summed E-state index contributed by atoms with van der Waals surface area (Å²) < 4.78 is 1.66. The number of nitrogens with zero attached hydrogens (tertiary/aromatic N) is 4. The predicted molar refractivity (Wildman–Crippen MR) is 63.2 cm³/mol. The minimum atomic E-state index is 0.314. The van der Waals surface area contributed by atoms with Crippen LogP contribution in [0.5, 0.6) is 0 Å². The van der Waals surface area contributed by atoms with Gasteiger partial charge >= 0.3 is 0 Å². The molecular weight excluding hydrogens is 238 g/mol. The van der Waals surface area contributed by atoms with Crippen molar-refractivity contribution >= 4 is 11.6 Å². The number of benzene rings is 1. The molecule has 0 saturated heterocycles. The van der Waals surface area contributed by atoms with Crippen LogP contribution in [0, 0.1) is 11.3 Å². The highest BCUT2D eigenvalue weighted by atomic mass is 35.5. The van der Waals surface area contributed by atoms with Gasteiger partial charge in [0, 0.05) is 5.02 Å². The number of halogens is 1. The second kappa shape index (κ2) is 4.95. The molecule has 0 atom stereocenters. The normalized spacial score (nSPS) is 10.2. The molecular formula is C11H10ClN5. The SMILES string of the molecule is N#Cc1ccc(Cn2cnc(CN)n2)c(Cl)c1. The van der Waals surface area contributed by atoms with E-state index >= 15 is 0 Å². The molecule has 1 aromatic carbocycles. The number of hydrogen-bond donors (Lipinski definition) is 1. The first-order valence-corrected chi connectivity index (χ1v) is 5.37. The third-order valence-corrected chi connectivity index (χ3v) is 2.63. The molecule has 0 bridgehead atoms. The highest BCUT2D eigenvalue weighted by Gasteiger charge is 2.04. The van der Waals surface area contributed by atoms with Gasteiger partial charge in [0.15, 0.2) is 5.82 Å². The number of hydrogen-bond acceptors (Lipinski definition) is 4. The van der Waals surface area contributed by atoms with Crippen LogP contribution in [0.15, 0.2) is 24.5 Å². The molecule has 0 aliphatic carbocycles. The lowest BCUT2D eigenvalue weighted by molar-refractivity contribution is 0.672. The van der Waals surface area contributed by atoms with Gasteiger partial charge in [-0.25, -0.2) is 9.67 Å². The summed E-state index contributed by atoms with van der Waals surface area (Å²) in [6, 6.07) is 7.21. The van der Waals surface area contributed by atoms with Crippen molar-refractivity contribution in [1.82, 2.24) is 14.8 Å². The van der Waals surface area contributed by atoms with Crippen LogP contribution < -0.4 is 5.73 Å². The van der Waals surface area contributed by atoms with Crippen molar-refractivity contribution in [2.75, 3.05) is 0 Å². The molecule has 0 radical (unpaired) electrons. The van der Waals surface area contributed by atoms with E-state index in [1.165, 1.54) is 0 Å². The zero-order chi connectivity index (χ0) is 12.3. The van der Waals surface area contributed by atoms with Crippen LogP contribution in [0.1, 0.15) is 17.0 Å². The summed E-state index contributed by atoms with van der Waals surface area (Å²) in [5, 5.41) is 13.4. The van der Waals surface area contributed by atoms with E-state index in [0.717, 1.165) is 5.56 Å². The average molecular weight is 248 g/mol. The highest BCUT2D eigenvalue weighted by Crippen LogP contribution is 2.18. The van der Waals surface area contributed by atoms with Gasteiger partial charge in [0.2, 0.25) is 0 Å². The lowest BCUT2D eigenvalue weighted by Gasteiger charge is -2.04. The van der Waals surface area contributed by atoms with Gasteiger partial charge in [0.05, 0.1) is 24.7 Å². The van der Waals surface area contributed by atoms with Crippen molar-refractivity contribution in [3.63, 3.8) is 0 Å². The van der Waals surface area contributed by atoms with E-state index < -0.39 is 0 Å². The molecule has 0 aliphatic heterocycles. The Hall–Kier alpha value is -1.90. The number of nitrogens with two attached hydrogens (primary N) is 1. The monoisotopic (exact) mass is 247 g/mol. The third-order valence-electron chi connectivity index (χ3n) is 2.28. The average Bonchev–Trinajstić information content (AvgIpc) is 2.79.